The predicted molar refractivity (Wildman–Crippen MR) is 60.9 cm³/mol. The first-order valence-corrected chi connectivity index (χ1v) is 5.36. The largest absolute Gasteiger partial charge is 0.469 e. The number of halogens is 1. The van der Waals surface area contributed by atoms with E-state index < -0.39 is 0 Å². The molecule has 0 unspecified atom stereocenters. The number of hydrogen-bond donors (Lipinski definition) is 0. The van der Waals surface area contributed by atoms with Gasteiger partial charge >= 0.3 is 0 Å². The van der Waals surface area contributed by atoms with Gasteiger partial charge in [-0.25, -0.2) is 0 Å². The average molecular weight is 265 g/mol. The molecule has 1 heterocycles. The van der Waals surface area contributed by atoms with Crippen LogP contribution in [-0.2, 0) is 6.42 Å². The molecule has 0 radical (unpaired) electrons. The van der Waals surface area contributed by atoms with Crippen LogP contribution in [0.1, 0.15) is 16.1 Å². The van der Waals surface area contributed by atoms with Crippen molar-refractivity contribution in [2.45, 2.75) is 6.42 Å². The molecule has 2 nitrogen and oxygen atoms in total. The van der Waals surface area contributed by atoms with Crippen molar-refractivity contribution in [2.75, 3.05) is 0 Å². The van der Waals surface area contributed by atoms with Gasteiger partial charge in [-0.3, -0.25) is 4.79 Å². The number of benzene rings is 1. The Hall–Kier alpha value is -1.35. The lowest BCUT2D eigenvalue weighted by molar-refractivity contribution is 0.0987. The fourth-order valence-electron chi connectivity index (χ4n) is 1.31. The Labute approximate surface area is 96.0 Å². The molecule has 76 valence electrons. The zero-order valence-corrected chi connectivity index (χ0v) is 9.53. The summed E-state index contributed by atoms with van der Waals surface area (Å²) in [6, 6.07) is 10.9. The van der Waals surface area contributed by atoms with E-state index in [0.717, 1.165) is 4.47 Å². The van der Waals surface area contributed by atoms with Crippen LogP contribution in [0.25, 0.3) is 0 Å². The molecular weight excluding hydrogens is 256 g/mol. The summed E-state index contributed by atoms with van der Waals surface area (Å²) >= 11 is 3.33. The molecule has 0 saturated carbocycles. The lowest BCUT2D eigenvalue weighted by Gasteiger charge is -1.98. The first-order chi connectivity index (χ1) is 7.25. The maximum absolute atomic E-state index is 11.7. The first kappa shape index (κ1) is 10.2. The smallest absolute Gasteiger partial charge is 0.170 e. The normalized spacial score (nSPS) is 10.2. The minimum absolute atomic E-state index is 0.0671. The van der Waals surface area contributed by atoms with Gasteiger partial charge in [-0.2, -0.15) is 0 Å². The molecule has 3 heteroatoms. The SMILES string of the molecule is O=C(Cc1ccco1)c1ccc(Br)cc1. The molecule has 0 saturated heterocycles. The number of Topliss-reactive ketones (excluding diaryl/α,β-unsaturated/α-hetero) is 1. The quantitative estimate of drug-likeness (QED) is 0.795. The van der Waals surface area contributed by atoms with E-state index in [0.29, 0.717) is 17.7 Å². The predicted octanol–water partition coefficient (Wildman–Crippen LogP) is 3.47. The summed E-state index contributed by atoms with van der Waals surface area (Å²) in [5, 5.41) is 0. The molecule has 0 aliphatic rings. The molecule has 1 aromatic heterocycles. The summed E-state index contributed by atoms with van der Waals surface area (Å²) in [7, 11) is 0. The Balaban J connectivity index is 2.11. The molecule has 0 aliphatic carbocycles. The van der Waals surface area contributed by atoms with E-state index in [1.807, 2.05) is 12.1 Å². The zero-order valence-electron chi connectivity index (χ0n) is 7.94. The van der Waals surface area contributed by atoms with Gasteiger partial charge in [0.2, 0.25) is 0 Å². The number of carbonyl (C=O) groups excluding carboxylic acids is 1. The van der Waals surface area contributed by atoms with Crippen molar-refractivity contribution in [3.05, 3.63) is 58.5 Å². The molecule has 2 rings (SSSR count). The van der Waals surface area contributed by atoms with E-state index in [1.165, 1.54) is 0 Å². The molecule has 0 fully saturated rings. The molecule has 2 aromatic rings. The molecule has 0 bridgehead atoms. The fourth-order valence-corrected chi connectivity index (χ4v) is 1.57. The van der Waals surface area contributed by atoms with Crippen molar-refractivity contribution >= 4 is 21.7 Å². The Bertz CT molecular complexity index is 443. The lowest BCUT2D eigenvalue weighted by Crippen LogP contribution is -2.02. The topological polar surface area (TPSA) is 30.2 Å². The van der Waals surface area contributed by atoms with E-state index in [2.05, 4.69) is 15.9 Å². The molecule has 0 amide bonds. The number of hydrogen-bond acceptors (Lipinski definition) is 2. The highest BCUT2D eigenvalue weighted by molar-refractivity contribution is 9.10. The maximum atomic E-state index is 11.7. The maximum Gasteiger partial charge on any atom is 0.170 e. The van der Waals surface area contributed by atoms with Gasteiger partial charge < -0.3 is 4.42 Å². The van der Waals surface area contributed by atoms with Gasteiger partial charge in [-0.1, -0.05) is 28.1 Å². The molecular formula is C12H9BrO2. The number of furan rings is 1. The highest BCUT2D eigenvalue weighted by Crippen LogP contribution is 2.13. The van der Waals surface area contributed by atoms with Gasteiger partial charge in [-0.05, 0) is 24.3 Å². The van der Waals surface area contributed by atoms with Gasteiger partial charge in [0.1, 0.15) is 5.76 Å². The highest BCUT2D eigenvalue weighted by atomic mass is 79.9. The van der Waals surface area contributed by atoms with Crippen LogP contribution in [0.5, 0.6) is 0 Å². The van der Waals surface area contributed by atoms with Gasteiger partial charge in [0, 0.05) is 10.0 Å². The van der Waals surface area contributed by atoms with Crippen LogP contribution in [0.3, 0.4) is 0 Å². The van der Waals surface area contributed by atoms with E-state index in [4.69, 9.17) is 4.42 Å². The van der Waals surface area contributed by atoms with Crippen molar-refractivity contribution in [3.8, 4) is 0 Å². The summed E-state index contributed by atoms with van der Waals surface area (Å²) in [4.78, 5) is 11.7. The third-order valence-electron chi connectivity index (χ3n) is 2.08. The van der Waals surface area contributed by atoms with E-state index in [9.17, 15) is 4.79 Å². The second kappa shape index (κ2) is 4.45. The minimum atomic E-state index is 0.0671. The summed E-state index contributed by atoms with van der Waals surface area (Å²) in [6.07, 6.45) is 1.89. The molecule has 0 N–H and O–H groups in total. The lowest BCUT2D eigenvalue weighted by atomic mass is 10.1. The van der Waals surface area contributed by atoms with Gasteiger partial charge in [0.05, 0.1) is 12.7 Å². The third kappa shape index (κ3) is 2.57. The van der Waals surface area contributed by atoms with E-state index >= 15 is 0 Å². The molecule has 0 atom stereocenters. The third-order valence-corrected chi connectivity index (χ3v) is 2.61. The van der Waals surface area contributed by atoms with Crippen molar-refractivity contribution in [1.82, 2.24) is 0 Å². The summed E-state index contributed by atoms with van der Waals surface area (Å²) in [6.45, 7) is 0. The van der Waals surface area contributed by atoms with Gasteiger partial charge in [-0.15, -0.1) is 0 Å². The van der Waals surface area contributed by atoms with E-state index in [1.54, 1.807) is 30.5 Å². The van der Waals surface area contributed by atoms with Crippen molar-refractivity contribution in [2.24, 2.45) is 0 Å². The minimum Gasteiger partial charge on any atom is -0.469 e. The highest BCUT2D eigenvalue weighted by Gasteiger charge is 2.08. The zero-order chi connectivity index (χ0) is 10.7. The van der Waals surface area contributed by atoms with Crippen molar-refractivity contribution in [1.29, 1.82) is 0 Å². The number of carbonyl (C=O) groups is 1. The Morgan fingerprint density at radius 3 is 2.53 bits per heavy atom. The van der Waals surface area contributed by atoms with Crippen LogP contribution in [0.4, 0.5) is 0 Å². The van der Waals surface area contributed by atoms with Crippen molar-refractivity contribution < 1.29 is 9.21 Å². The van der Waals surface area contributed by atoms with Gasteiger partial charge in [0.25, 0.3) is 0 Å². The summed E-state index contributed by atoms with van der Waals surface area (Å²) in [5.41, 5.74) is 0.703. The van der Waals surface area contributed by atoms with Crippen LogP contribution in [0, 0.1) is 0 Å². The van der Waals surface area contributed by atoms with Crippen LogP contribution in [0.15, 0.2) is 51.6 Å². The second-order valence-electron chi connectivity index (χ2n) is 3.19. The Morgan fingerprint density at radius 2 is 1.93 bits per heavy atom. The molecule has 15 heavy (non-hydrogen) atoms. The van der Waals surface area contributed by atoms with Crippen molar-refractivity contribution in [3.63, 3.8) is 0 Å². The second-order valence-corrected chi connectivity index (χ2v) is 4.10. The summed E-state index contributed by atoms with van der Waals surface area (Å²) < 4.78 is 6.09. The van der Waals surface area contributed by atoms with E-state index in [-0.39, 0.29) is 5.78 Å². The summed E-state index contributed by atoms with van der Waals surface area (Å²) in [5.74, 6) is 0.764. The molecule has 0 aliphatic heterocycles. The molecule has 1 aromatic carbocycles. The number of rotatable bonds is 3. The monoisotopic (exact) mass is 264 g/mol. The van der Waals surface area contributed by atoms with Gasteiger partial charge in [0.15, 0.2) is 5.78 Å². The fraction of sp³-hybridized carbons (Fsp3) is 0.0833. The average Bonchev–Trinajstić information content (AvgIpc) is 2.71. The van der Waals surface area contributed by atoms with Crippen LogP contribution in [0.2, 0.25) is 0 Å². The van der Waals surface area contributed by atoms with Crippen LogP contribution >= 0.6 is 15.9 Å². The Kier molecular flexibility index (Phi) is 3.02. The van der Waals surface area contributed by atoms with Crippen LogP contribution in [-0.4, -0.2) is 5.78 Å². The molecule has 0 spiro atoms. The van der Waals surface area contributed by atoms with Crippen LogP contribution < -0.4 is 0 Å². The number of ketones is 1. The standard InChI is InChI=1S/C12H9BrO2/c13-10-5-3-9(4-6-10)12(14)8-11-2-1-7-15-11/h1-7H,8H2. The Morgan fingerprint density at radius 1 is 1.20 bits per heavy atom. The first-order valence-electron chi connectivity index (χ1n) is 4.57.